The van der Waals surface area contributed by atoms with Gasteiger partial charge in [-0.1, -0.05) is 0 Å². The summed E-state index contributed by atoms with van der Waals surface area (Å²) in [7, 11) is -3.42. The van der Waals surface area contributed by atoms with Gasteiger partial charge in [0.2, 0.25) is 10.0 Å². The van der Waals surface area contributed by atoms with Gasteiger partial charge < -0.3 is 4.57 Å². The fourth-order valence-corrected chi connectivity index (χ4v) is 4.69. The van der Waals surface area contributed by atoms with Crippen molar-refractivity contribution in [3.8, 4) is 0 Å². The van der Waals surface area contributed by atoms with E-state index in [4.69, 9.17) is 11.6 Å². The van der Waals surface area contributed by atoms with Gasteiger partial charge in [-0.3, -0.25) is 0 Å². The Morgan fingerprint density at radius 3 is 2.48 bits per heavy atom. The van der Waals surface area contributed by atoms with Crippen LogP contribution in [0.15, 0.2) is 17.2 Å². The van der Waals surface area contributed by atoms with Gasteiger partial charge in [0.25, 0.3) is 0 Å². The summed E-state index contributed by atoms with van der Waals surface area (Å²) in [6.07, 6.45) is 6.32. The molecular weight excluding hydrogens is 308 g/mol. The summed E-state index contributed by atoms with van der Waals surface area (Å²) < 4.78 is 29.6. The second-order valence-corrected chi connectivity index (χ2v) is 8.71. The summed E-state index contributed by atoms with van der Waals surface area (Å²) in [6.45, 7) is 4.53. The van der Waals surface area contributed by atoms with Gasteiger partial charge in [0, 0.05) is 30.5 Å². The number of nitrogens with zero attached hydrogens (tertiary/aromatic N) is 2. The van der Waals surface area contributed by atoms with Crippen molar-refractivity contribution in [1.82, 2.24) is 8.87 Å². The van der Waals surface area contributed by atoms with E-state index in [1.54, 1.807) is 16.6 Å². The smallest absolute Gasteiger partial charge is 0.244 e. The molecule has 2 aliphatic carbocycles. The summed E-state index contributed by atoms with van der Waals surface area (Å²) in [5.41, 5.74) is 0.910. The van der Waals surface area contributed by atoms with Gasteiger partial charge in [0.05, 0.1) is 5.88 Å². The minimum absolute atomic E-state index is 0.0145. The fourth-order valence-electron chi connectivity index (χ4n) is 2.71. The van der Waals surface area contributed by atoms with Crippen LogP contribution in [0.4, 0.5) is 0 Å². The van der Waals surface area contributed by atoms with Crippen LogP contribution >= 0.6 is 11.6 Å². The van der Waals surface area contributed by atoms with Gasteiger partial charge in [-0.15, -0.1) is 11.6 Å². The average molecular weight is 331 g/mol. The molecule has 0 aliphatic heterocycles. The third-order valence-corrected chi connectivity index (χ3v) is 6.58. The molecule has 0 unspecified atom stereocenters. The van der Waals surface area contributed by atoms with Crippen LogP contribution in [0.3, 0.4) is 0 Å². The number of alkyl halides is 1. The normalized spacial score (nSPS) is 19.7. The first-order valence-electron chi connectivity index (χ1n) is 7.72. The first-order chi connectivity index (χ1) is 9.93. The van der Waals surface area contributed by atoms with Gasteiger partial charge in [-0.2, -0.15) is 4.31 Å². The molecule has 0 spiro atoms. The maximum absolute atomic E-state index is 12.9. The van der Waals surface area contributed by atoms with Crippen molar-refractivity contribution in [2.75, 3.05) is 6.54 Å². The molecule has 6 heteroatoms. The van der Waals surface area contributed by atoms with Crippen LogP contribution in [0.2, 0.25) is 0 Å². The van der Waals surface area contributed by atoms with Crippen molar-refractivity contribution in [2.45, 2.75) is 62.4 Å². The predicted molar refractivity (Wildman–Crippen MR) is 84.0 cm³/mol. The van der Waals surface area contributed by atoms with E-state index in [0.717, 1.165) is 31.4 Å². The molecule has 21 heavy (non-hydrogen) atoms. The largest absolute Gasteiger partial charge is 0.346 e. The molecule has 0 atom stereocenters. The second-order valence-electron chi connectivity index (χ2n) is 6.55. The number of halogens is 1. The highest BCUT2D eigenvalue weighted by molar-refractivity contribution is 7.89. The molecule has 4 nitrogen and oxygen atoms in total. The van der Waals surface area contributed by atoms with E-state index in [0.29, 0.717) is 29.3 Å². The van der Waals surface area contributed by atoms with Gasteiger partial charge in [-0.05, 0) is 51.5 Å². The number of sulfonamides is 1. The zero-order chi connectivity index (χ0) is 15.2. The van der Waals surface area contributed by atoms with Crippen molar-refractivity contribution in [3.63, 3.8) is 0 Å². The van der Waals surface area contributed by atoms with Crippen LogP contribution in [-0.4, -0.2) is 29.9 Å². The SMILES string of the molecule is CC(C)N(CC1CC1)S(=O)(=O)c1cc(CCl)n(C2CC2)c1. The number of aromatic nitrogens is 1. The number of hydrogen-bond donors (Lipinski definition) is 0. The lowest BCUT2D eigenvalue weighted by Crippen LogP contribution is -2.38. The van der Waals surface area contributed by atoms with Crippen LogP contribution in [0, 0.1) is 5.92 Å². The Bertz CT molecular complexity index is 616. The Morgan fingerprint density at radius 2 is 2.00 bits per heavy atom. The topological polar surface area (TPSA) is 42.3 Å². The number of hydrogen-bond acceptors (Lipinski definition) is 2. The van der Waals surface area contributed by atoms with Gasteiger partial charge in [0.15, 0.2) is 0 Å². The molecule has 118 valence electrons. The van der Waals surface area contributed by atoms with Crippen LogP contribution in [0.1, 0.15) is 51.3 Å². The van der Waals surface area contributed by atoms with E-state index in [2.05, 4.69) is 4.57 Å². The third-order valence-electron chi connectivity index (χ3n) is 4.30. The highest BCUT2D eigenvalue weighted by atomic mass is 35.5. The minimum Gasteiger partial charge on any atom is -0.346 e. The van der Waals surface area contributed by atoms with Crippen molar-refractivity contribution < 1.29 is 8.42 Å². The molecule has 0 N–H and O–H groups in total. The van der Waals surface area contributed by atoms with Gasteiger partial charge in [-0.25, -0.2) is 8.42 Å². The maximum Gasteiger partial charge on any atom is 0.244 e. The van der Waals surface area contributed by atoms with Crippen LogP contribution in [-0.2, 0) is 15.9 Å². The molecule has 0 bridgehead atoms. The lowest BCUT2D eigenvalue weighted by atomic mass is 10.3. The third kappa shape index (κ3) is 3.15. The van der Waals surface area contributed by atoms with E-state index in [-0.39, 0.29) is 6.04 Å². The lowest BCUT2D eigenvalue weighted by molar-refractivity contribution is 0.341. The van der Waals surface area contributed by atoms with E-state index < -0.39 is 10.0 Å². The summed E-state index contributed by atoms with van der Waals surface area (Å²) in [5.74, 6) is 0.899. The molecule has 0 radical (unpaired) electrons. The molecule has 0 amide bonds. The molecule has 1 aromatic heterocycles. The van der Waals surface area contributed by atoms with Crippen LogP contribution in [0.25, 0.3) is 0 Å². The second kappa shape index (κ2) is 5.60. The van der Waals surface area contributed by atoms with E-state index in [1.165, 1.54) is 0 Å². The lowest BCUT2D eigenvalue weighted by Gasteiger charge is -2.25. The minimum atomic E-state index is -3.42. The maximum atomic E-state index is 12.9. The Kier molecular flexibility index (Phi) is 4.10. The zero-order valence-electron chi connectivity index (χ0n) is 12.6. The summed E-state index contributed by atoms with van der Waals surface area (Å²) in [6, 6.07) is 2.18. The van der Waals surface area contributed by atoms with Crippen molar-refractivity contribution in [1.29, 1.82) is 0 Å². The molecule has 0 saturated heterocycles. The molecule has 2 fully saturated rings. The monoisotopic (exact) mass is 330 g/mol. The quantitative estimate of drug-likeness (QED) is 0.719. The van der Waals surface area contributed by atoms with Gasteiger partial charge >= 0.3 is 0 Å². The molecule has 1 heterocycles. The highest BCUT2D eigenvalue weighted by Gasteiger charge is 2.35. The average Bonchev–Trinajstić information content (AvgIpc) is 3.34. The zero-order valence-corrected chi connectivity index (χ0v) is 14.2. The summed E-state index contributed by atoms with van der Waals surface area (Å²) in [4.78, 5) is 0.402. The standard InChI is InChI=1S/C15H23ClN2O2S/c1-11(2)18(9-12-3-4-12)21(19,20)15-7-14(8-16)17(10-15)13-5-6-13/h7,10-13H,3-6,8-9H2,1-2H3. The first kappa shape index (κ1) is 15.4. The summed E-state index contributed by atoms with van der Waals surface area (Å²) >= 11 is 5.97. The van der Waals surface area contributed by atoms with Crippen molar-refractivity contribution in [3.05, 3.63) is 18.0 Å². The molecule has 2 aliphatic rings. The van der Waals surface area contributed by atoms with E-state index >= 15 is 0 Å². The highest BCUT2D eigenvalue weighted by Crippen LogP contribution is 2.38. The van der Waals surface area contributed by atoms with Crippen molar-refractivity contribution >= 4 is 21.6 Å². The molecule has 1 aromatic rings. The summed E-state index contributed by atoms with van der Waals surface area (Å²) in [5, 5.41) is 0. The van der Waals surface area contributed by atoms with E-state index in [9.17, 15) is 8.42 Å². The first-order valence-corrected chi connectivity index (χ1v) is 9.69. The Labute approximate surface area is 132 Å². The predicted octanol–water partition coefficient (Wildman–Crippen LogP) is 3.37. The molecular formula is C15H23ClN2O2S. The number of rotatable bonds is 7. The van der Waals surface area contributed by atoms with Crippen LogP contribution in [0.5, 0.6) is 0 Å². The Hall–Kier alpha value is -0.520. The Morgan fingerprint density at radius 1 is 1.33 bits per heavy atom. The molecule has 3 rings (SSSR count). The van der Waals surface area contributed by atoms with Crippen molar-refractivity contribution in [2.24, 2.45) is 5.92 Å². The van der Waals surface area contributed by atoms with Crippen LogP contribution < -0.4 is 0 Å². The Balaban J connectivity index is 1.91. The van der Waals surface area contributed by atoms with E-state index in [1.807, 2.05) is 13.8 Å². The molecule has 2 saturated carbocycles. The fraction of sp³-hybridized carbons (Fsp3) is 0.733. The van der Waals surface area contributed by atoms with Gasteiger partial charge in [0.1, 0.15) is 4.90 Å². The molecule has 0 aromatic carbocycles.